The zero-order chi connectivity index (χ0) is 21.3. The summed E-state index contributed by atoms with van der Waals surface area (Å²) in [6.07, 6.45) is 0.265. The number of carbonyl (C=O) groups is 1. The SMILES string of the molecule is Cc1nn(-c2ccccc2)c(C)c1CNC(=O)Cc1csc(-n2c(C)ccc2C)n1. The van der Waals surface area contributed by atoms with Crippen LogP contribution >= 0.6 is 11.3 Å². The molecule has 0 radical (unpaired) electrons. The lowest BCUT2D eigenvalue weighted by Crippen LogP contribution is -2.25. The van der Waals surface area contributed by atoms with Crippen molar-refractivity contribution in [3.8, 4) is 10.8 Å². The molecule has 3 heterocycles. The molecule has 4 rings (SSSR count). The Morgan fingerprint density at radius 2 is 1.73 bits per heavy atom. The van der Waals surface area contributed by atoms with Crippen molar-refractivity contribution in [1.29, 1.82) is 0 Å². The second kappa shape index (κ2) is 8.28. The van der Waals surface area contributed by atoms with E-state index in [0.29, 0.717) is 6.54 Å². The predicted octanol–water partition coefficient (Wildman–Crippen LogP) is 4.21. The molecule has 7 heteroatoms. The highest BCUT2D eigenvalue weighted by Crippen LogP contribution is 2.21. The monoisotopic (exact) mass is 419 g/mol. The van der Waals surface area contributed by atoms with Gasteiger partial charge in [0.05, 0.1) is 23.5 Å². The molecule has 0 fully saturated rings. The van der Waals surface area contributed by atoms with Crippen molar-refractivity contribution in [2.75, 3.05) is 0 Å². The van der Waals surface area contributed by atoms with Gasteiger partial charge in [0.2, 0.25) is 5.91 Å². The number of aromatic nitrogens is 4. The van der Waals surface area contributed by atoms with Gasteiger partial charge < -0.3 is 5.32 Å². The molecule has 154 valence electrons. The molecule has 0 saturated carbocycles. The van der Waals surface area contributed by atoms with Crippen LogP contribution in [0.5, 0.6) is 0 Å². The largest absolute Gasteiger partial charge is 0.352 e. The minimum Gasteiger partial charge on any atom is -0.352 e. The molecule has 0 saturated heterocycles. The Labute approximate surface area is 180 Å². The summed E-state index contributed by atoms with van der Waals surface area (Å²) < 4.78 is 4.03. The number of carbonyl (C=O) groups excluding carboxylic acids is 1. The Hall–Kier alpha value is -3.19. The standard InChI is InChI=1S/C23H25N5OS/c1-15-10-11-16(2)27(15)23-25-19(14-30-23)12-22(29)24-13-21-17(3)26-28(18(21)4)20-8-6-5-7-9-20/h5-11,14H,12-13H2,1-4H3,(H,24,29). The minimum absolute atomic E-state index is 0.0425. The summed E-state index contributed by atoms with van der Waals surface area (Å²) in [4.78, 5) is 17.2. The van der Waals surface area contributed by atoms with Gasteiger partial charge in [-0.25, -0.2) is 9.67 Å². The van der Waals surface area contributed by atoms with E-state index in [2.05, 4.69) is 45.9 Å². The highest BCUT2D eigenvalue weighted by Gasteiger charge is 2.15. The number of hydrogen-bond acceptors (Lipinski definition) is 4. The highest BCUT2D eigenvalue weighted by molar-refractivity contribution is 7.12. The fourth-order valence-corrected chi connectivity index (χ4v) is 4.56. The van der Waals surface area contributed by atoms with E-state index in [9.17, 15) is 4.79 Å². The maximum Gasteiger partial charge on any atom is 0.226 e. The topological polar surface area (TPSA) is 64.7 Å². The molecule has 1 amide bonds. The average molecular weight is 420 g/mol. The molecular weight excluding hydrogens is 394 g/mol. The molecule has 3 aromatic heterocycles. The van der Waals surface area contributed by atoms with E-state index < -0.39 is 0 Å². The first-order chi connectivity index (χ1) is 14.4. The molecule has 0 aliphatic heterocycles. The lowest BCUT2D eigenvalue weighted by atomic mass is 10.2. The van der Waals surface area contributed by atoms with Crippen LogP contribution in [-0.2, 0) is 17.8 Å². The lowest BCUT2D eigenvalue weighted by Gasteiger charge is -2.07. The van der Waals surface area contributed by atoms with Crippen molar-refractivity contribution in [3.05, 3.63) is 81.9 Å². The first-order valence-corrected chi connectivity index (χ1v) is 10.8. The van der Waals surface area contributed by atoms with E-state index in [1.165, 1.54) is 0 Å². The average Bonchev–Trinajstić information content (AvgIpc) is 3.39. The molecule has 1 aromatic carbocycles. The molecule has 4 aromatic rings. The summed E-state index contributed by atoms with van der Waals surface area (Å²) in [7, 11) is 0. The van der Waals surface area contributed by atoms with Crippen molar-refractivity contribution < 1.29 is 4.79 Å². The number of nitrogens with one attached hydrogen (secondary N) is 1. The Balaban J connectivity index is 1.42. The van der Waals surface area contributed by atoms with Crippen LogP contribution in [0.25, 0.3) is 10.8 Å². The first-order valence-electron chi connectivity index (χ1n) is 9.91. The summed E-state index contributed by atoms with van der Waals surface area (Å²) in [5, 5.41) is 10.5. The smallest absolute Gasteiger partial charge is 0.226 e. The van der Waals surface area contributed by atoms with Crippen LogP contribution in [0.3, 0.4) is 0 Å². The van der Waals surface area contributed by atoms with Gasteiger partial charge in [0.25, 0.3) is 0 Å². The van der Waals surface area contributed by atoms with Crippen molar-refractivity contribution in [2.45, 2.75) is 40.7 Å². The van der Waals surface area contributed by atoms with E-state index in [4.69, 9.17) is 0 Å². The lowest BCUT2D eigenvalue weighted by molar-refractivity contribution is -0.120. The summed E-state index contributed by atoms with van der Waals surface area (Å²) in [6.45, 7) is 8.57. The van der Waals surface area contributed by atoms with E-state index in [1.807, 2.05) is 54.2 Å². The van der Waals surface area contributed by atoms with Crippen molar-refractivity contribution >= 4 is 17.2 Å². The third-order valence-corrected chi connectivity index (χ3v) is 6.12. The molecule has 0 aliphatic carbocycles. The van der Waals surface area contributed by atoms with Gasteiger partial charge >= 0.3 is 0 Å². The number of thiazole rings is 1. The van der Waals surface area contributed by atoms with Crippen LogP contribution in [0.2, 0.25) is 0 Å². The van der Waals surface area contributed by atoms with Crippen LogP contribution in [0.4, 0.5) is 0 Å². The van der Waals surface area contributed by atoms with Crippen LogP contribution in [0, 0.1) is 27.7 Å². The van der Waals surface area contributed by atoms with Gasteiger partial charge in [-0.15, -0.1) is 11.3 Å². The predicted molar refractivity (Wildman–Crippen MR) is 120 cm³/mol. The van der Waals surface area contributed by atoms with Gasteiger partial charge in [0.1, 0.15) is 0 Å². The fraction of sp³-hybridized carbons (Fsp3) is 0.261. The molecule has 1 N–H and O–H groups in total. The normalized spacial score (nSPS) is 11.1. The Kier molecular flexibility index (Phi) is 5.55. The molecule has 0 bridgehead atoms. The van der Waals surface area contributed by atoms with E-state index in [-0.39, 0.29) is 12.3 Å². The first kappa shape index (κ1) is 20.1. The molecular formula is C23H25N5OS. The summed E-state index contributed by atoms with van der Waals surface area (Å²) >= 11 is 1.56. The van der Waals surface area contributed by atoms with Crippen LogP contribution < -0.4 is 5.32 Å². The molecule has 30 heavy (non-hydrogen) atoms. The van der Waals surface area contributed by atoms with Gasteiger partial charge in [-0.2, -0.15) is 5.10 Å². The molecule has 0 spiro atoms. The van der Waals surface area contributed by atoms with E-state index >= 15 is 0 Å². The molecule has 0 aliphatic rings. The molecule has 6 nitrogen and oxygen atoms in total. The summed E-state index contributed by atoms with van der Waals surface area (Å²) in [5.74, 6) is -0.0425. The third-order valence-electron chi connectivity index (χ3n) is 5.25. The van der Waals surface area contributed by atoms with Gasteiger partial charge in [-0.05, 0) is 52.0 Å². The van der Waals surface area contributed by atoms with Crippen molar-refractivity contribution in [3.63, 3.8) is 0 Å². The van der Waals surface area contributed by atoms with Crippen molar-refractivity contribution in [1.82, 2.24) is 24.6 Å². The van der Waals surface area contributed by atoms with Gasteiger partial charge in [-0.3, -0.25) is 9.36 Å². The number of rotatable bonds is 6. The second-order valence-corrected chi connectivity index (χ2v) is 8.26. The number of nitrogens with zero attached hydrogens (tertiary/aromatic N) is 4. The maximum absolute atomic E-state index is 12.5. The Bertz CT molecular complexity index is 1170. The van der Waals surface area contributed by atoms with Crippen molar-refractivity contribution in [2.24, 2.45) is 0 Å². The van der Waals surface area contributed by atoms with E-state index in [0.717, 1.165) is 44.9 Å². The summed E-state index contributed by atoms with van der Waals surface area (Å²) in [6, 6.07) is 14.2. The number of benzene rings is 1. The molecule has 0 atom stereocenters. The second-order valence-electron chi connectivity index (χ2n) is 7.42. The summed E-state index contributed by atoms with van der Waals surface area (Å²) in [5.41, 5.74) is 7.08. The van der Waals surface area contributed by atoms with Gasteiger partial charge in [0, 0.05) is 34.6 Å². The van der Waals surface area contributed by atoms with Gasteiger partial charge in [-0.1, -0.05) is 18.2 Å². The van der Waals surface area contributed by atoms with Crippen LogP contribution in [0.15, 0.2) is 47.8 Å². The van der Waals surface area contributed by atoms with Crippen LogP contribution in [0.1, 0.15) is 34.0 Å². The quantitative estimate of drug-likeness (QED) is 0.509. The van der Waals surface area contributed by atoms with E-state index in [1.54, 1.807) is 11.3 Å². The maximum atomic E-state index is 12.5. The number of hydrogen-bond donors (Lipinski definition) is 1. The van der Waals surface area contributed by atoms with Gasteiger partial charge in [0.15, 0.2) is 5.13 Å². The fourth-order valence-electron chi connectivity index (χ4n) is 3.62. The van der Waals surface area contributed by atoms with Crippen LogP contribution in [-0.4, -0.2) is 25.2 Å². The number of amides is 1. The number of para-hydroxylation sites is 1. The minimum atomic E-state index is -0.0425. The Morgan fingerprint density at radius 1 is 1.03 bits per heavy atom. The number of aryl methyl sites for hydroxylation is 3. The zero-order valence-electron chi connectivity index (χ0n) is 17.6. The molecule has 0 unspecified atom stereocenters. The Morgan fingerprint density at radius 3 is 2.43 bits per heavy atom. The zero-order valence-corrected chi connectivity index (χ0v) is 18.5. The highest BCUT2D eigenvalue weighted by atomic mass is 32.1. The third kappa shape index (κ3) is 3.93.